The third-order valence-electron chi connectivity index (χ3n) is 3.69. The topological polar surface area (TPSA) is 34.4 Å². The molecule has 3 nitrogen and oxygen atoms in total. The molecule has 4 aromatic rings. The van der Waals surface area contributed by atoms with Gasteiger partial charge in [0.2, 0.25) is 0 Å². The highest BCUT2D eigenvalue weighted by Crippen LogP contribution is 2.16. The molecule has 0 N–H and O–H groups in total. The molecule has 0 amide bonds. The van der Waals surface area contributed by atoms with Crippen LogP contribution in [0.3, 0.4) is 0 Å². The number of fused-ring (bicyclic) bond motifs is 3. The Hall–Kier alpha value is -2.46. The summed E-state index contributed by atoms with van der Waals surface area (Å²) in [6.45, 7) is 4.13. The van der Waals surface area contributed by atoms with Crippen LogP contribution in [0.2, 0.25) is 0 Å². The van der Waals surface area contributed by atoms with Crippen molar-refractivity contribution >= 4 is 33.4 Å². The van der Waals surface area contributed by atoms with Crippen molar-refractivity contribution in [1.82, 2.24) is 9.38 Å². The SMILES string of the molecule is Cc1cc(C)cc(/C=c2/sc3nc4ccccc4n3c2=O)c1. The molecule has 0 spiro atoms. The van der Waals surface area contributed by atoms with Crippen molar-refractivity contribution in [2.24, 2.45) is 0 Å². The highest BCUT2D eigenvalue weighted by molar-refractivity contribution is 7.15. The summed E-state index contributed by atoms with van der Waals surface area (Å²) in [7, 11) is 0. The molecule has 2 aromatic heterocycles. The Bertz CT molecular complexity index is 1100. The van der Waals surface area contributed by atoms with Gasteiger partial charge in [-0.05, 0) is 37.6 Å². The van der Waals surface area contributed by atoms with Gasteiger partial charge in [0.1, 0.15) is 0 Å². The molecule has 0 bridgehead atoms. The molecule has 2 heterocycles. The molecule has 0 aliphatic rings. The number of aryl methyl sites for hydroxylation is 2. The lowest BCUT2D eigenvalue weighted by Crippen LogP contribution is -2.22. The third kappa shape index (κ3) is 2.04. The van der Waals surface area contributed by atoms with Gasteiger partial charge < -0.3 is 0 Å². The van der Waals surface area contributed by atoms with E-state index in [1.165, 1.54) is 22.5 Å². The van der Waals surface area contributed by atoms with E-state index in [-0.39, 0.29) is 5.56 Å². The molecule has 2 aromatic carbocycles. The fourth-order valence-corrected chi connectivity index (χ4v) is 3.84. The first-order chi connectivity index (χ1) is 10.6. The summed E-state index contributed by atoms with van der Waals surface area (Å²) in [5.41, 5.74) is 5.20. The number of imidazole rings is 1. The monoisotopic (exact) mass is 306 g/mol. The number of hydrogen-bond donors (Lipinski definition) is 0. The maximum atomic E-state index is 12.7. The molecule has 0 atom stereocenters. The molecule has 4 rings (SSSR count). The van der Waals surface area contributed by atoms with Crippen LogP contribution in [0, 0.1) is 13.8 Å². The molecule has 0 aliphatic heterocycles. The lowest BCUT2D eigenvalue weighted by Gasteiger charge is -1.98. The smallest absolute Gasteiger partial charge is 0.267 e. The number of benzene rings is 2. The van der Waals surface area contributed by atoms with Crippen LogP contribution in [0.25, 0.3) is 22.1 Å². The largest absolute Gasteiger partial charge is 0.274 e. The Morgan fingerprint density at radius 2 is 1.82 bits per heavy atom. The fraction of sp³-hybridized carbons (Fsp3) is 0.111. The van der Waals surface area contributed by atoms with Gasteiger partial charge in [-0.2, -0.15) is 0 Å². The number of rotatable bonds is 1. The number of aromatic nitrogens is 2. The van der Waals surface area contributed by atoms with Crippen molar-refractivity contribution in [3.63, 3.8) is 0 Å². The van der Waals surface area contributed by atoms with Crippen LogP contribution in [0.1, 0.15) is 16.7 Å². The second kappa shape index (κ2) is 4.78. The van der Waals surface area contributed by atoms with Gasteiger partial charge in [-0.25, -0.2) is 9.38 Å². The molecule has 4 heteroatoms. The van der Waals surface area contributed by atoms with Crippen molar-refractivity contribution in [3.05, 3.63) is 74.0 Å². The third-order valence-corrected chi connectivity index (χ3v) is 4.66. The van der Waals surface area contributed by atoms with E-state index >= 15 is 0 Å². The van der Waals surface area contributed by atoms with Gasteiger partial charge in [0.25, 0.3) is 5.56 Å². The molecule has 0 saturated heterocycles. The summed E-state index contributed by atoms with van der Waals surface area (Å²) < 4.78 is 2.42. The highest BCUT2D eigenvalue weighted by atomic mass is 32.1. The minimum absolute atomic E-state index is 0.00728. The van der Waals surface area contributed by atoms with Crippen LogP contribution in [-0.4, -0.2) is 9.38 Å². The second-order valence-electron chi connectivity index (χ2n) is 5.56. The van der Waals surface area contributed by atoms with Crippen molar-refractivity contribution in [2.45, 2.75) is 13.8 Å². The van der Waals surface area contributed by atoms with Crippen LogP contribution < -0.4 is 10.1 Å². The first-order valence-electron chi connectivity index (χ1n) is 7.12. The summed E-state index contributed by atoms with van der Waals surface area (Å²) in [6, 6.07) is 14.0. The van der Waals surface area contributed by atoms with E-state index in [1.807, 2.05) is 30.3 Å². The average Bonchev–Trinajstić information content (AvgIpc) is 2.95. The Balaban J connectivity index is 2.01. The van der Waals surface area contributed by atoms with Gasteiger partial charge in [-0.1, -0.05) is 52.8 Å². The van der Waals surface area contributed by atoms with E-state index in [0.717, 1.165) is 26.1 Å². The van der Waals surface area contributed by atoms with E-state index in [9.17, 15) is 4.79 Å². The standard InChI is InChI=1S/C18H14N2OS/c1-11-7-12(2)9-13(8-11)10-16-17(21)20-15-6-4-3-5-14(15)19-18(20)22-16/h3-10H,1-2H3/b16-10+. The number of nitrogens with zero attached hydrogens (tertiary/aromatic N) is 2. The van der Waals surface area contributed by atoms with E-state index in [1.54, 1.807) is 4.40 Å². The van der Waals surface area contributed by atoms with E-state index in [4.69, 9.17) is 0 Å². The second-order valence-corrected chi connectivity index (χ2v) is 6.56. The molecular weight excluding hydrogens is 292 g/mol. The quantitative estimate of drug-likeness (QED) is 0.541. The summed E-state index contributed by atoms with van der Waals surface area (Å²) in [6.07, 6.45) is 1.95. The summed E-state index contributed by atoms with van der Waals surface area (Å²) in [4.78, 5) is 18.0. The number of para-hydroxylation sites is 2. The number of thiazole rings is 1. The summed E-state index contributed by atoms with van der Waals surface area (Å²) >= 11 is 1.44. The highest BCUT2D eigenvalue weighted by Gasteiger charge is 2.10. The molecule has 0 saturated carbocycles. The lowest BCUT2D eigenvalue weighted by molar-refractivity contribution is 1.19. The van der Waals surface area contributed by atoms with Gasteiger partial charge in [0.05, 0.1) is 15.6 Å². The maximum absolute atomic E-state index is 12.7. The predicted octanol–water partition coefficient (Wildman–Crippen LogP) is 3.07. The van der Waals surface area contributed by atoms with E-state index in [2.05, 4.69) is 37.0 Å². The molecule has 0 unspecified atom stereocenters. The predicted molar refractivity (Wildman–Crippen MR) is 91.5 cm³/mol. The minimum Gasteiger partial charge on any atom is -0.267 e. The maximum Gasteiger partial charge on any atom is 0.274 e. The number of hydrogen-bond acceptors (Lipinski definition) is 3. The Kier molecular flexibility index (Phi) is 2.87. The van der Waals surface area contributed by atoms with Crippen LogP contribution in [0.15, 0.2) is 47.3 Å². The van der Waals surface area contributed by atoms with Gasteiger partial charge in [-0.3, -0.25) is 4.79 Å². The minimum atomic E-state index is 0.00728. The lowest BCUT2D eigenvalue weighted by atomic mass is 10.1. The van der Waals surface area contributed by atoms with Crippen molar-refractivity contribution in [2.75, 3.05) is 0 Å². The van der Waals surface area contributed by atoms with Crippen LogP contribution in [0.4, 0.5) is 0 Å². The zero-order valence-electron chi connectivity index (χ0n) is 12.3. The van der Waals surface area contributed by atoms with Crippen molar-refractivity contribution in [3.8, 4) is 0 Å². The summed E-state index contributed by atoms with van der Waals surface area (Å²) in [5, 5.41) is 0. The van der Waals surface area contributed by atoms with Gasteiger partial charge >= 0.3 is 0 Å². The molecular formula is C18H14N2OS. The normalized spacial score (nSPS) is 12.5. The van der Waals surface area contributed by atoms with Crippen molar-refractivity contribution in [1.29, 1.82) is 0 Å². The first-order valence-corrected chi connectivity index (χ1v) is 7.93. The van der Waals surface area contributed by atoms with E-state index < -0.39 is 0 Å². The zero-order valence-corrected chi connectivity index (χ0v) is 13.1. The van der Waals surface area contributed by atoms with Crippen LogP contribution >= 0.6 is 11.3 Å². The average molecular weight is 306 g/mol. The van der Waals surface area contributed by atoms with Gasteiger partial charge in [0.15, 0.2) is 4.96 Å². The van der Waals surface area contributed by atoms with Crippen molar-refractivity contribution < 1.29 is 0 Å². The van der Waals surface area contributed by atoms with Gasteiger partial charge in [-0.15, -0.1) is 0 Å². The van der Waals surface area contributed by atoms with E-state index in [0.29, 0.717) is 0 Å². The molecule has 22 heavy (non-hydrogen) atoms. The fourth-order valence-electron chi connectivity index (χ4n) is 2.86. The summed E-state index contributed by atoms with van der Waals surface area (Å²) in [5.74, 6) is 0. The zero-order chi connectivity index (χ0) is 15.3. The molecule has 0 fully saturated rings. The molecule has 108 valence electrons. The van der Waals surface area contributed by atoms with Crippen LogP contribution in [0.5, 0.6) is 0 Å². The molecule has 0 radical (unpaired) electrons. The Morgan fingerprint density at radius 1 is 1.09 bits per heavy atom. The molecule has 0 aliphatic carbocycles. The van der Waals surface area contributed by atoms with Gasteiger partial charge in [0, 0.05) is 0 Å². The Labute approximate surface area is 131 Å². The Morgan fingerprint density at radius 3 is 2.59 bits per heavy atom. The van der Waals surface area contributed by atoms with Crippen LogP contribution in [-0.2, 0) is 0 Å². The first kappa shape index (κ1) is 13.2.